The van der Waals surface area contributed by atoms with Gasteiger partial charge in [0.15, 0.2) is 5.43 Å². The molecule has 0 saturated carbocycles. The summed E-state index contributed by atoms with van der Waals surface area (Å²) in [6.45, 7) is 2.58. The summed E-state index contributed by atoms with van der Waals surface area (Å²) in [5.74, 6) is -0.545. The molecule has 1 aliphatic heterocycles. The molecule has 0 atom stereocenters. The van der Waals surface area contributed by atoms with Crippen LogP contribution in [0.15, 0.2) is 77.9 Å². The third-order valence-electron chi connectivity index (χ3n) is 8.25. The van der Waals surface area contributed by atoms with E-state index in [1.54, 1.807) is 24.5 Å². The number of para-hydroxylation sites is 1. The Kier molecular flexibility index (Phi) is 6.24. The number of hydrogen-bond acceptors (Lipinski definition) is 7. The molecule has 0 radical (unpaired) electrons. The van der Waals surface area contributed by atoms with Crippen molar-refractivity contribution in [1.82, 2.24) is 19.2 Å². The Bertz CT molecular complexity index is 2080. The molecule has 7 rings (SSSR count). The number of nitrogens with one attached hydrogen (secondary N) is 1. The lowest BCUT2D eigenvalue weighted by Crippen LogP contribution is -2.41. The number of anilines is 2. The first-order chi connectivity index (χ1) is 20.4. The maximum absolute atomic E-state index is 13.4. The zero-order valence-corrected chi connectivity index (χ0v) is 23.3. The van der Waals surface area contributed by atoms with Gasteiger partial charge in [-0.25, -0.2) is 4.98 Å². The summed E-state index contributed by atoms with van der Waals surface area (Å²) in [4.78, 5) is 47.9. The first kappa shape index (κ1) is 25.9. The first-order valence-corrected chi connectivity index (χ1v) is 14.2. The van der Waals surface area contributed by atoms with Gasteiger partial charge in [0.1, 0.15) is 6.33 Å². The first-order valence-electron chi connectivity index (χ1n) is 14.2. The molecular weight excluding hydrogens is 528 g/mol. The van der Waals surface area contributed by atoms with E-state index in [-0.39, 0.29) is 17.2 Å². The number of nitrogens with two attached hydrogens (primary N) is 1. The smallest absolute Gasteiger partial charge is 0.261 e. The van der Waals surface area contributed by atoms with Crippen molar-refractivity contribution in [2.75, 3.05) is 44.3 Å². The second kappa shape index (κ2) is 10.1. The van der Waals surface area contributed by atoms with Crippen molar-refractivity contribution >= 4 is 61.3 Å². The molecule has 0 spiro atoms. The molecule has 6 aromatic rings. The van der Waals surface area contributed by atoms with Crippen LogP contribution in [-0.4, -0.2) is 64.2 Å². The van der Waals surface area contributed by atoms with E-state index in [9.17, 15) is 14.4 Å². The van der Waals surface area contributed by atoms with E-state index >= 15 is 0 Å². The van der Waals surface area contributed by atoms with Gasteiger partial charge in [0.2, 0.25) is 0 Å². The third-order valence-corrected chi connectivity index (χ3v) is 8.25. The van der Waals surface area contributed by atoms with Gasteiger partial charge in [-0.15, -0.1) is 0 Å². The van der Waals surface area contributed by atoms with Crippen LogP contribution in [0.3, 0.4) is 0 Å². The molecule has 210 valence electrons. The number of nitrogens with zero attached hydrogens (tertiary/aromatic N) is 4. The minimum atomic E-state index is -0.290. The number of pyridine rings is 1. The number of carbonyl (C=O) groups excluding carboxylic acids is 2. The summed E-state index contributed by atoms with van der Waals surface area (Å²) in [6.07, 6.45) is 3.29. The average Bonchev–Trinajstić information content (AvgIpc) is 3.43. The van der Waals surface area contributed by atoms with E-state index < -0.39 is 0 Å². The zero-order valence-electron chi connectivity index (χ0n) is 23.3. The van der Waals surface area contributed by atoms with E-state index in [1.807, 2.05) is 60.0 Å². The highest BCUT2D eigenvalue weighted by atomic mass is 16.2. The normalized spacial score (nSPS) is 13.4. The lowest BCUT2D eigenvalue weighted by molar-refractivity contribution is 0.0605. The average molecular weight is 559 g/mol. The second-order valence-electron chi connectivity index (χ2n) is 11.0. The predicted molar refractivity (Wildman–Crippen MR) is 167 cm³/mol. The van der Waals surface area contributed by atoms with Gasteiger partial charge in [-0.1, -0.05) is 24.3 Å². The number of carbonyl (C=O) groups is 2. The van der Waals surface area contributed by atoms with E-state index in [0.717, 1.165) is 47.1 Å². The third kappa shape index (κ3) is 4.12. The maximum atomic E-state index is 13.4. The molecule has 9 nitrogen and oxygen atoms in total. The molecule has 0 saturated heterocycles. The minimum absolute atomic E-state index is 0.00664. The Morgan fingerprint density at radius 1 is 0.881 bits per heavy atom. The van der Waals surface area contributed by atoms with Crippen LogP contribution in [0.5, 0.6) is 0 Å². The number of benzene rings is 4. The predicted octanol–water partition coefficient (Wildman–Crippen LogP) is 4.59. The van der Waals surface area contributed by atoms with E-state index in [4.69, 9.17) is 5.73 Å². The Morgan fingerprint density at radius 2 is 1.69 bits per heavy atom. The number of amides is 2. The molecule has 1 aliphatic rings. The van der Waals surface area contributed by atoms with Crippen LogP contribution in [0.4, 0.5) is 11.4 Å². The summed E-state index contributed by atoms with van der Waals surface area (Å²) >= 11 is 0. The van der Waals surface area contributed by atoms with E-state index in [1.165, 1.54) is 4.90 Å². The fourth-order valence-electron chi connectivity index (χ4n) is 6.24. The number of nitrogen functional groups attached to an aromatic ring is 1. The maximum Gasteiger partial charge on any atom is 0.261 e. The van der Waals surface area contributed by atoms with Gasteiger partial charge >= 0.3 is 0 Å². The highest BCUT2D eigenvalue weighted by Crippen LogP contribution is 2.32. The Labute approximate surface area is 241 Å². The highest BCUT2D eigenvalue weighted by Gasteiger charge is 2.32. The van der Waals surface area contributed by atoms with Gasteiger partial charge in [0.25, 0.3) is 11.8 Å². The molecule has 3 heterocycles. The van der Waals surface area contributed by atoms with Crippen LogP contribution in [0, 0.1) is 0 Å². The number of rotatable bonds is 9. The number of imide groups is 1. The summed E-state index contributed by atoms with van der Waals surface area (Å²) in [6, 6.07) is 20.4. The fraction of sp³-hybridized carbons (Fsp3) is 0.212. The summed E-state index contributed by atoms with van der Waals surface area (Å²) in [7, 11) is 2.03. The number of fused-ring (bicyclic) bond motifs is 2. The van der Waals surface area contributed by atoms with E-state index in [2.05, 4.69) is 15.2 Å². The standard InChI is InChI=1S/C33H30N6O3/c1-37(15-6-16-38-32(41)23-9-4-7-20-17-21(34)18-24(28(20)23)33(38)42)14-5-13-35-25-11-12-26-30-29(25)31(40)22-8-2-3-10-27(22)39(30)19-36-26/h2-4,7-12,17-19,35H,5-6,13-16,34H2,1H3. The second-order valence-corrected chi connectivity index (χ2v) is 11.0. The topological polar surface area (TPSA) is 113 Å². The Balaban J connectivity index is 0.971. The molecule has 0 bridgehead atoms. The molecule has 3 N–H and O–H groups in total. The molecule has 0 aliphatic carbocycles. The number of hydrogen-bond donors (Lipinski definition) is 2. The summed E-state index contributed by atoms with van der Waals surface area (Å²) in [5, 5.41) is 6.30. The summed E-state index contributed by atoms with van der Waals surface area (Å²) < 4.78 is 1.99. The van der Waals surface area contributed by atoms with Crippen molar-refractivity contribution in [1.29, 1.82) is 0 Å². The monoisotopic (exact) mass is 558 g/mol. The minimum Gasteiger partial charge on any atom is -0.399 e. The molecular formula is C33H30N6O3. The van der Waals surface area contributed by atoms with Gasteiger partial charge in [0, 0.05) is 40.8 Å². The van der Waals surface area contributed by atoms with Crippen molar-refractivity contribution in [2.24, 2.45) is 0 Å². The van der Waals surface area contributed by atoms with Crippen molar-refractivity contribution in [3.8, 4) is 0 Å². The quantitative estimate of drug-likeness (QED) is 0.115. The SMILES string of the molecule is CN(CCCNc1ccc2ncn3c4ccccc4c(=O)c1c23)CCCN1C(=O)c2cccc3cc(N)cc(c23)C1=O. The van der Waals surface area contributed by atoms with Crippen molar-refractivity contribution in [3.63, 3.8) is 0 Å². The van der Waals surface area contributed by atoms with Crippen molar-refractivity contribution in [3.05, 3.63) is 94.4 Å². The van der Waals surface area contributed by atoms with Crippen LogP contribution in [-0.2, 0) is 0 Å². The van der Waals surface area contributed by atoms with Crippen LogP contribution in [0.25, 0.3) is 38.1 Å². The zero-order chi connectivity index (χ0) is 29.0. The molecule has 4 aromatic carbocycles. The fourth-order valence-corrected chi connectivity index (χ4v) is 6.24. The molecule has 2 aromatic heterocycles. The molecule has 0 fully saturated rings. The van der Waals surface area contributed by atoms with Gasteiger partial charge in [-0.2, -0.15) is 0 Å². The highest BCUT2D eigenvalue weighted by molar-refractivity contribution is 6.25. The van der Waals surface area contributed by atoms with Gasteiger partial charge < -0.3 is 16.0 Å². The lowest BCUT2D eigenvalue weighted by Gasteiger charge is -2.28. The van der Waals surface area contributed by atoms with Crippen LogP contribution in [0.2, 0.25) is 0 Å². The van der Waals surface area contributed by atoms with Crippen LogP contribution < -0.4 is 16.5 Å². The largest absolute Gasteiger partial charge is 0.399 e. The molecule has 9 heteroatoms. The van der Waals surface area contributed by atoms with Crippen LogP contribution in [0.1, 0.15) is 33.6 Å². The van der Waals surface area contributed by atoms with E-state index in [0.29, 0.717) is 52.5 Å². The van der Waals surface area contributed by atoms with Gasteiger partial charge in [0.05, 0.1) is 27.5 Å². The number of aromatic nitrogens is 2. The molecule has 0 unspecified atom stereocenters. The van der Waals surface area contributed by atoms with Crippen molar-refractivity contribution < 1.29 is 9.59 Å². The Hall–Kier alpha value is -5.02. The molecule has 42 heavy (non-hydrogen) atoms. The lowest BCUT2D eigenvalue weighted by atomic mass is 9.93. The number of imidazole rings is 1. The summed E-state index contributed by atoms with van der Waals surface area (Å²) in [5.41, 5.74) is 10.9. The van der Waals surface area contributed by atoms with Gasteiger partial charge in [-0.3, -0.25) is 23.7 Å². The van der Waals surface area contributed by atoms with Crippen LogP contribution >= 0.6 is 0 Å². The van der Waals surface area contributed by atoms with Gasteiger partial charge in [-0.05, 0) is 80.8 Å². The van der Waals surface area contributed by atoms with Crippen molar-refractivity contribution in [2.45, 2.75) is 12.8 Å². The molecule has 2 amide bonds. The Morgan fingerprint density at radius 3 is 2.57 bits per heavy atom.